The van der Waals surface area contributed by atoms with Crippen LogP contribution in [-0.4, -0.2) is 25.0 Å². The van der Waals surface area contributed by atoms with Crippen LogP contribution in [0, 0.1) is 0 Å². The number of carbonyl (C=O) groups is 2. The summed E-state index contributed by atoms with van der Waals surface area (Å²) in [6.45, 7) is 4.07. The predicted molar refractivity (Wildman–Crippen MR) is 99.0 cm³/mol. The molecule has 0 amide bonds. The zero-order valence-corrected chi connectivity index (χ0v) is 15.2. The van der Waals surface area contributed by atoms with Crippen LogP contribution >= 0.6 is 0 Å². The van der Waals surface area contributed by atoms with Crippen LogP contribution < -0.4 is 14.2 Å². The Labute approximate surface area is 153 Å². The van der Waals surface area contributed by atoms with Gasteiger partial charge in [-0.05, 0) is 49.7 Å². The fourth-order valence-corrected chi connectivity index (χ4v) is 2.26. The molecule has 0 spiro atoms. The molecule has 0 aliphatic carbocycles. The lowest BCUT2D eigenvalue weighted by atomic mass is 10.1. The molecule has 0 aromatic heterocycles. The molecule has 0 aliphatic rings. The summed E-state index contributed by atoms with van der Waals surface area (Å²) in [7, 11) is 0. The Balaban J connectivity index is 1.80. The van der Waals surface area contributed by atoms with E-state index in [4.69, 9.17) is 14.2 Å². The van der Waals surface area contributed by atoms with E-state index in [-0.39, 0.29) is 12.4 Å². The first-order valence-corrected chi connectivity index (χ1v) is 8.76. The van der Waals surface area contributed by atoms with Gasteiger partial charge in [0.2, 0.25) is 0 Å². The van der Waals surface area contributed by atoms with Crippen molar-refractivity contribution in [1.82, 2.24) is 0 Å². The van der Waals surface area contributed by atoms with Crippen LogP contribution in [0.15, 0.2) is 48.5 Å². The number of benzene rings is 2. The second-order valence-electron chi connectivity index (χ2n) is 5.87. The van der Waals surface area contributed by atoms with E-state index in [1.165, 1.54) is 6.92 Å². The maximum atomic E-state index is 11.9. The Morgan fingerprint density at radius 2 is 1.58 bits per heavy atom. The molecule has 0 aliphatic heterocycles. The van der Waals surface area contributed by atoms with Crippen molar-refractivity contribution in [3.8, 4) is 17.2 Å². The van der Waals surface area contributed by atoms with Gasteiger partial charge in [-0.15, -0.1) is 0 Å². The van der Waals surface area contributed by atoms with Gasteiger partial charge in [-0.25, -0.2) is 4.79 Å². The van der Waals surface area contributed by atoms with Crippen molar-refractivity contribution in [2.45, 2.75) is 33.1 Å². The SMILES string of the molecule is CCCCCOc1cccc(OCC(=O)Oc2ccc(C(C)=O)cc2)c1. The lowest BCUT2D eigenvalue weighted by molar-refractivity contribution is -0.136. The van der Waals surface area contributed by atoms with Gasteiger partial charge in [-0.3, -0.25) is 4.79 Å². The average Bonchev–Trinajstić information content (AvgIpc) is 2.64. The van der Waals surface area contributed by atoms with Crippen LogP contribution in [-0.2, 0) is 4.79 Å². The zero-order chi connectivity index (χ0) is 18.8. The van der Waals surface area contributed by atoms with E-state index in [1.807, 2.05) is 12.1 Å². The molecule has 5 nitrogen and oxygen atoms in total. The van der Waals surface area contributed by atoms with Crippen molar-refractivity contribution in [2.75, 3.05) is 13.2 Å². The maximum Gasteiger partial charge on any atom is 0.349 e. The fourth-order valence-electron chi connectivity index (χ4n) is 2.26. The lowest BCUT2D eigenvalue weighted by Crippen LogP contribution is -2.17. The summed E-state index contributed by atoms with van der Waals surface area (Å²) in [6, 6.07) is 13.6. The van der Waals surface area contributed by atoms with Gasteiger partial charge in [0.1, 0.15) is 17.2 Å². The molecule has 0 heterocycles. The quantitative estimate of drug-likeness (QED) is 0.272. The summed E-state index contributed by atoms with van der Waals surface area (Å²) in [5, 5.41) is 0. The Kier molecular flexibility index (Phi) is 7.68. The van der Waals surface area contributed by atoms with E-state index in [2.05, 4.69) is 6.92 Å². The molecule has 0 fully saturated rings. The number of ketones is 1. The normalized spacial score (nSPS) is 10.2. The van der Waals surface area contributed by atoms with Gasteiger partial charge < -0.3 is 14.2 Å². The Morgan fingerprint density at radius 3 is 2.23 bits per heavy atom. The summed E-state index contributed by atoms with van der Waals surface area (Å²) in [6.07, 6.45) is 3.29. The Bertz CT molecular complexity index is 721. The number of carbonyl (C=O) groups excluding carboxylic acids is 2. The maximum absolute atomic E-state index is 11.9. The summed E-state index contributed by atoms with van der Waals surface area (Å²) < 4.78 is 16.3. The van der Waals surface area contributed by atoms with Gasteiger partial charge in [0.15, 0.2) is 12.4 Å². The number of ether oxygens (including phenoxy) is 3. The van der Waals surface area contributed by atoms with Gasteiger partial charge in [0, 0.05) is 11.6 Å². The van der Waals surface area contributed by atoms with Crippen molar-refractivity contribution < 1.29 is 23.8 Å². The number of hydrogen-bond donors (Lipinski definition) is 0. The molecule has 0 unspecified atom stereocenters. The minimum atomic E-state index is -0.519. The first-order chi connectivity index (χ1) is 12.6. The van der Waals surface area contributed by atoms with Crippen molar-refractivity contribution in [1.29, 1.82) is 0 Å². The summed E-state index contributed by atoms with van der Waals surface area (Å²) in [5.74, 6) is 1.07. The predicted octanol–water partition coefficient (Wildman–Crippen LogP) is 4.44. The van der Waals surface area contributed by atoms with Crippen molar-refractivity contribution >= 4 is 11.8 Å². The van der Waals surface area contributed by atoms with Crippen LogP contribution in [0.4, 0.5) is 0 Å². The largest absolute Gasteiger partial charge is 0.493 e. The molecule has 0 N–H and O–H groups in total. The van der Waals surface area contributed by atoms with Crippen molar-refractivity contribution in [3.05, 3.63) is 54.1 Å². The average molecular weight is 356 g/mol. The molecule has 2 aromatic carbocycles. The van der Waals surface area contributed by atoms with Gasteiger partial charge in [0.25, 0.3) is 0 Å². The highest BCUT2D eigenvalue weighted by atomic mass is 16.6. The molecule has 2 aromatic rings. The van der Waals surface area contributed by atoms with E-state index in [0.717, 1.165) is 19.3 Å². The van der Waals surface area contributed by atoms with E-state index in [0.29, 0.717) is 29.4 Å². The lowest BCUT2D eigenvalue weighted by Gasteiger charge is -2.09. The first kappa shape index (κ1) is 19.5. The van der Waals surface area contributed by atoms with Gasteiger partial charge in [0.05, 0.1) is 6.61 Å². The second-order valence-corrected chi connectivity index (χ2v) is 5.87. The standard InChI is InChI=1S/C21H24O5/c1-3-4-5-13-24-19-7-6-8-20(14-19)25-15-21(23)26-18-11-9-17(10-12-18)16(2)22/h6-12,14H,3-5,13,15H2,1-2H3. The molecule has 5 heteroatoms. The monoisotopic (exact) mass is 356 g/mol. The van der Waals surface area contributed by atoms with Crippen molar-refractivity contribution in [3.63, 3.8) is 0 Å². The summed E-state index contributed by atoms with van der Waals surface area (Å²) in [5.41, 5.74) is 0.566. The minimum absolute atomic E-state index is 0.0389. The highest BCUT2D eigenvalue weighted by Gasteiger charge is 2.08. The molecule has 0 bridgehead atoms. The molecule has 138 valence electrons. The zero-order valence-electron chi connectivity index (χ0n) is 15.2. The van der Waals surface area contributed by atoms with E-state index < -0.39 is 5.97 Å². The molecular formula is C21H24O5. The third-order valence-electron chi connectivity index (χ3n) is 3.67. The first-order valence-electron chi connectivity index (χ1n) is 8.76. The Hall–Kier alpha value is -2.82. The van der Waals surface area contributed by atoms with Crippen LogP contribution in [0.1, 0.15) is 43.5 Å². The van der Waals surface area contributed by atoms with Crippen LogP contribution in [0.5, 0.6) is 17.2 Å². The number of rotatable bonds is 10. The smallest absolute Gasteiger partial charge is 0.349 e. The molecule has 26 heavy (non-hydrogen) atoms. The molecule has 0 saturated carbocycles. The van der Waals surface area contributed by atoms with Gasteiger partial charge in [-0.1, -0.05) is 25.8 Å². The molecule has 0 atom stereocenters. The fraction of sp³-hybridized carbons (Fsp3) is 0.333. The third-order valence-corrected chi connectivity index (χ3v) is 3.67. The number of unbranched alkanes of at least 4 members (excludes halogenated alkanes) is 2. The molecule has 0 radical (unpaired) electrons. The molecule has 2 rings (SSSR count). The van der Waals surface area contributed by atoms with Crippen LogP contribution in [0.3, 0.4) is 0 Å². The summed E-state index contributed by atoms with van der Waals surface area (Å²) >= 11 is 0. The van der Waals surface area contributed by atoms with Gasteiger partial charge in [-0.2, -0.15) is 0 Å². The van der Waals surface area contributed by atoms with E-state index in [1.54, 1.807) is 36.4 Å². The molecular weight excluding hydrogens is 332 g/mol. The highest BCUT2D eigenvalue weighted by molar-refractivity contribution is 5.94. The van der Waals surface area contributed by atoms with Crippen LogP contribution in [0.25, 0.3) is 0 Å². The minimum Gasteiger partial charge on any atom is -0.493 e. The molecule has 0 saturated heterocycles. The van der Waals surface area contributed by atoms with E-state index >= 15 is 0 Å². The second kappa shape index (κ2) is 10.2. The van der Waals surface area contributed by atoms with Crippen LogP contribution in [0.2, 0.25) is 0 Å². The third kappa shape index (κ3) is 6.59. The van der Waals surface area contributed by atoms with E-state index in [9.17, 15) is 9.59 Å². The summed E-state index contributed by atoms with van der Waals surface area (Å²) in [4.78, 5) is 23.1. The Morgan fingerprint density at radius 1 is 0.885 bits per heavy atom. The number of hydrogen-bond acceptors (Lipinski definition) is 5. The topological polar surface area (TPSA) is 61.8 Å². The highest BCUT2D eigenvalue weighted by Crippen LogP contribution is 2.20. The number of esters is 1. The van der Waals surface area contributed by atoms with Crippen molar-refractivity contribution in [2.24, 2.45) is 0 Å². The van der Waals surface area contributed by atoms with Gasteiger partial charge >= 0.3 is 5.97 Å². The number of Topliss-reactive ketones (excluding diaryl/α,β-unsaturated/α-hetero) is 1.